The van der Waals surface area contributed by atoms with Crippen molar-refractivity contribution in [1.29, 1.82) is 0 Å². The zero-order valence-corrected chi connectivity index (χ0v) is 14.6. The molecule has 2 aromatic rings. The van der Waals surface area contributed by atoms with Crippen LogP contribution < -0.4 is 0 Å². The molecule has 0 fully saturated rings. The summed E-state index contributed by atoms with van der Waals surface area (Å²) in [5.41, 5.74) is 1.63. The number of carbonyl (C=O) groups is 1. The van der Waals surface area contributed by atoms with E-state index in [9.17, 15) is 4.79 Å². The second-order valence-corrected chi connectivity index (χ2v) is 6.63. The Labute approximate surface area is 140 Å². The Hall–Kier alpha value is -1.82. The van der Waals surface area contributed by atoms with Crippen molar-refractivity contribution < 1.29 is 14.1 Å². The summed E-state index contributed by atoms with van der Waals surface area (Å²) in [4.78, 5) is 16.0. The minimum absolute atomic E-state index is 0.111. The fraction of sp³-hybridized carbons (Fsp3) is 0.471. The third kappa shape index (κ3) is 5.10. The van der Waals surface area contributed by atoms with Gasteiger partial charge in [-0.25, -0.2) is 4.79 Å². The Bertz CT molecular complexity index is 642. The van der Waals surface area contributed by atoms with Crippen LogP contribution >= 0.6 is 11.8 Å². The predicted molar refractivity (Wildman–Crippen MR) is 90.4 cm³/mol. The van der Waals surface area contributed by atoms with Crippen molar-refractivity contribution in [2.45, 2.75) is 44.1 Å². The Morgan fingerprint density at radius 3 is 3.00 bits per heavy atom. The third-order valence-electron chi connectivity index (χ3n) is 3.43. The largest absolute Gasteiger partial charge is 0.465 e. The highest BCUT2D eigenvalue weighted by atomic mass is 32.2. The minimum Gasteiger partial charge on any atom is -0.465 e. The second kappa shape index (κ2) is 8.72. The van der Waals surface area contributed by atoms with E-state index in [1.165, 1.54) is 7.11 Å². The highest BCUT2D eigenvalue weighted by Crippen LogP contribution is 2.30. The standard InChI is InChI=1S/C17H22N2O3S/c1-4-5-9-15-18-16(22-19-15)12(2)23-11-13-7-6-8-14(10-13)17(20)21-3/h6-8,10,12H,4-5,9,11H2,1-3H3. The number of ether oxygens (including phenoxy) is 1. The van der Waals surface area contributed by atoms with Gasteiger partial charge in [0.1, 0.15) is 0 Å². The van der Waals surface area contributed by atoms with E-state index in [0.29, 0.717) is 11.5 Å². The molecular weight excluding hydrogens is 312 g/mol. The normalized spacial score (nSPS) is 12.1. The molecule has 0 aliphatic carbocycles. The number of aromatic nitrogens is 2. The number of carbonyl (C=O) groups excluding carboxylic acids is 1. The lowest BCUT2D eigenvalue weighted by atomic mass is 10.1. The molecule has 1 aromatic carbocycles. The third-order valence-corrected chi connectivity index (χ3v) is 4.64. The molecule has 0 radical (unpaired) electrons. The molecule has 0 spiro atoms. The SMILES string of the molecule is CCCCc1noc(C(C)SCc2cccc(C(=O)OC)c2)n1. The Morgan fingerprint density at radius 2 is 2.26 bits per heavy atom. The number of methoxy groups -OCH3 is 1. The average Bonchev–Trinajstić information content (AvgIpc) is 3.06. The molecule has 0 bridgehead atoms. The number of thioether (sulfide) groups is 1. The number of hydrogen-bond donors (Lipinski definition) is 0. The number of esters is 1. The van der Waals surface area contributed by atoms with Gasteiger partial charge in [-0.05, 0) is 31.0 Å². The Kier molecular flexibility index (Phi) is 6.65. The summed E-state index contributed by atoms with van der Waals surface area (Å²) in [6, 6.07) is 7.46. The number of aryl methyl sites for hydroxylation is 1. The van der Waals surface area contributed by atoms with Gasteiger partial charge < -0.3 is 9.26 Å². The van der Waals surface area contributed by atoms with Gasteiger partial charge in [-0.15, -0.1) is 11.8 Å². The molecule has 1 heterocycles. The molecule has 0 aliphatic rings. The zero-order chi connectivity index (χ0) is 16.7. The van der Waals surface area contributed by atoms with Gasteiger partial charge in [0.2, 0.25) is 5.89 Å². The second-order valence-electron chi connectivity index (χ2n) is 5.30. The molecule has 0 aliphatic heterocycles. The first-order valence-corrected chi connectivity index (χ1v) is 8.80. The summed E-state index contributed by atoms with van der Waals surface area (Å²) < 4.78 is 10.1. The molecule has 124 valence electrons. The smallest absolute Gasteiger partial charge is 0.337 e. The molecule has 2 rings (SSSR count). The lowest BCUT2D eigenvalue weighted by molar-refractivity contribution is 0.0600. The monoisotopic (exact) mass is 334 g/mol. The molecule has 1 unspecified atom stereocenters. The number of benzene rings is 1. The van der Waals surface area contributed by atoms with E-state index in [1.54, 1.807) is 17.8 Å². The van der Waals surface area contributed by atoms with Crippen molar-refractivity contribution in [3.8, 4) is 0 Å². The maximum atomic E-state index is 11.6. The quantitative estimate of drug-likeness (QED) is 0.674. The molecule has 0 N–H and O–H groups in total. The molecule has 23 heavy (non-hydrogen) atoms. The van der Waals surface area contributed by atoms with Crippen molar-refractivity contribution in [2.75, 3.05) is 7.11 Å². The van der Waals surface area contributed by atoms with Gasteiger partial charge in [-0.3, -0.25) is 0 Å². The van der Waals surface area contributed by atoms with Crippen LogP contribution in [0.25, 0.3) is 0 Å². The molecule has 5 nitrogen and oxygen atoms in total. The lowest BCUT2D eigenvalue weighted by Gasteiger charge is -2.07. The number of rotatable bonds is 8. The molecule has 0 amide bonds. The van der Waals surface area contributed by atoms with E-state index in [0.717, 1.165) is 36.4 Å². The molecule has 6 heteroatoms. The molecule has 0 saturated heterocycles. The molecule has 1 atom stereocenters. The van der Waals surface area contributed by atoms with Gasteiger partial charge in [0.25, 0.3) is 0 Å². The van der Waals surface area contributed by atoms with Gasteiger partial charge >= 0.3 is 5.97 Å². The van der Waals surface area contributed by atoms with E-state index in [2.05, 4.69) is 17.1 Å². The van der Waals surface area contributed by atoms with E-state index >= 15 is 0 Å². The van der Waals surface area contributed by atoms with Gasteiger partial charge in [0.05, 0.1) is 17.9 Å². The van der Waals surface area contributed by atoms with Crippen molar-refractivity contribution in [3.05, 3.63) is 47.1 Å². The minimum atomic E-state index is -0.317. The van der Waals surface area contributed by atoms with Gasteiger partial charge in [0, 0.05) is 12.2 Å². The molecule has 0 saturated carbocycles. The summed E-state index contributed by atoms with van der Waals surface area (Å²) in [6.07, 6.45) is 3.05. The molecular formula is C17H22N2O3S. The Morgan fingerprint density at radius 1 is 1.43 bits per heavy atom. The average molecular weight is 334 g/mol. The van der Waals surface area contributed by atoms with Gasteiger partial charge in [0.15, 0.2) is 5.82 Å². The van der Waals surface area contributed by atoms with Crippen LogP contribution in [0.4, 0.5) is 0 Å². The van der Waals surface area contributed by atoms with Gasteiger partial charge in [-0.1, -0.05) is 30.6 Å². The first kappa shape index (κ1) is 17.5. The fourth-order valence-electron chi connectivity index (χ4n) is 2.07. The fourth-order valence-corrected chi connectivity index (χ4v) is 2.93. The summed E-state index contributed by atoms with van der Waals surface area (Å²) in [5, 5.41) is 4.13. The summed E-state index contributed by atoms with van der Waals surface area (Å²) >= 11 is 1.70. The maximum absolute atomic E-state index is 11.6. The lowest BCUT2D eigenvalue weighted by Crippen LogP contribution is -2.01. The van der Waals surface area contributed by atoms with Crippen LogP contribution in [0.5, 0.6) is 0 Å². The van der Waals surface area contributed by atoms with Crippen molar-refractivity contribution in [3.63, 3.8) is 0 Å². The van der Waals surface area contributed by atoms with E-state index in [1.807, 2.05) is 25.1 Å². The van der Waals surface area contributed by atoms with E-state index < -0.39 is 0 Å². The van der Waals surface area contributed by atoms with Crippen LogP contribution in [-0.2, 0) is 16.9 Å². The Balaban J connectivity index is 1.92. The zero-order valence-electron chi connectivity index (χ0n) is 13.7. The van der Waals surface area contributed by atoms with E-state index in [-0.39, 0.29) is 11.2 Å². The first-order valence-electron chi connectivity index (χ1n) is 7.75. The summed E-state index contributed by atoms with van der Waals surface area (Å²) in [5.74, 6) is 1.88. The number of nitrogens with zero attached hydrogens (tertiary/aromatic N) is 2. The summed E-state index contributed by atoms with van der Waals surface area (Å²) in [6.45, 7) is 4.19. The highest BCUT2D eigenvalue weighted by molar-refractivity contribution is 7.98. The predicted octanol–water partition coefficient (Wildman–Crippen LogP) is 4.19. The van der Waals surface area contributed by atoms with Crippen LogP contribution in [0.15, 0.2) is 28.8 Å². The van der Waals surface area contributed by atoms with Crippen molar-refractivity contribution in [2.24, 2.45) is 0 Å². The van der Waals surface area contributed by atoms with Crippen LogP contribution in [0.2, 0.25) is 0 Å². The maximum Gasteiger partial charge on any atom is 0.337 e. The van der Waals surface area contributed by atoms with Crippen LogP contribution in [0, 0.1) is 0 Å². The van der Waals surface area contributed by atoms with Crippen LogP contribution in [-0.4, -0.2) is 23.2 Å². The first-order chi connectivity index (χ1) is 11.1. The highest BCUT2D eigenvalue weighted by Gasteiger charge is 2.15. The summed E-state index contributed by atoms with van der Waals surface area (Å²) in [7, 11) is 1.39. The van der Waals surface area contributed by atoms with Crippen LogP contribution in [0.1, 0.15) is 59.6 Å². The topological polar surface area (TPSA) is 65.2 Å². The van der Waals surface area contributed by atoms with Crippen molar-refractivity contribution >= 4 is 17.7 Å². The molecule has 1 aromatic heterocycles. The number of hydrogen-bond acceptors (Lipinski definition) is 6. The van der Waals surface area contributed by atoms with E-state index in [4.69, 9.17) is 9.26 Å². The van der Waals surface area contributed by atoms with Crippen LogP contribution in [0.3, 0.4) is 0 Å². The van der Waals surface area contributed by atoms with Crippen molar-refractivity contribution in [1.82, 2.24) is 10.1 Å². The number of unbranched alkanes of at least 4 members (excludes halogenated alkanes) is 1. The van der Waals surface area contributed by atoms with Gasteiger partial charge in [-0.2, -0.15) is 4.98 Å².